The number of halogens is 1. The number of hydrogen-bond acceptors (Lipinski definition) is 5. The topological polar surface area (TPSA) is 62.5 Å². The van der Waals surface area contributed by atoms with E-state index >= 15 is 0 Å². The number of thiophene rings is 1. The summed E-state index contributed by atoms with van der Waals surface area (Å²) in [4.78, 5) is 23.1. The number of fused-ring (bicyclic) bond motifs is 1. The molecule has 3 aromatic rings. The van der Waals surface area contributed by atoms with Gasteiger partial charge in [0.25, 0.3) is 5.91 Å². The summed E-state index contributed by atoms with van der Waals surface area (Å²) in [6.07, 6.45) is 0. The summed E-state index contributed by atoms with van der Waals surface area (Å²) in [5.74, 6) is 0.0452. The van der Waals surface area contributed by atoms with Gasteiger partial charge in [-0.15, -0.1) is 11.3 Å². The van der Waals surface area contributed by atoms with Crippen molar-refractivity contribution in [1.82, 2.24) is 9.88 Å². The molecule has 0 aliphatic carbocycles. The number of nitrogen functional groups attached to an aromatic ring is 1. The SMILES string of the molecule is CC(C)c1ccc2c(N)c(C(=O)N3CCN(c4ccc(F)cc4)CC3)sc2n1. The van der Waals surface area contributed by atoms with E-state index in [1.807, 2.05) is 17.0 Å². The maximum atomic E-state index is 13.1. The Hall–Kier alpha value is -2.67. The standard InChI is InChI=1S/C21H23FN4OS/c1-13(2)17-8-7-16-18(23)19(28-20(16)24-17)21(27)26-11-9-25(10-12-26)15-5-3-14(22)4-6-15/h3-8,13H,9-12,23H2,1-2H3. The fraction of sp³-hybridized carbons (Fsp3) is 0.333. The Morgan fingerprint density at radius 2 is 1.79 bits per heavy atom. The van der Waals surface area contributed by atoms with E-state index in [4.69, 9.17) is 5.73 Å². The van der Waals surface area contributed by atoms with Gasteiger partial charge in [-0.25, -0.2) is 9.37 Å². The van der Waals surface area contributed by atoms with Crippen molar-refractivity contribution in [2.75, 3.05) is 36.8 Å². The minimum Gasteiger partial charge on any atom is -0.397 e. The van der Waals surface area contributed by atoms with Gasteiger partial charge >= 0.3 is 0 Å². The number of piperazine rings is 1. The molecule has 0 bridgehead atoms. The lowest BCUT2D eigenvalue weighted by atomic mass is 10.1. The molecule has 0 saturated carbocycles. The molecule has 146 valence electrons. The van der Waals surface area contributed by atoms with Gasteiger partial charge in [-0.3, -0.25) is 4.79 Å². The molecular formula is C21H23FN4OS. The third-order valence-electron chi connectivity index (χ3n) is 5.16. The molecule has 5 nitrogen and oxygen atoms in total. The van der Waals surface area contributed by atoms with Crippen molar-refractivity contribution >= 4 is 38.8 Å². The molecule has 1 amide bonds. The van der Waals surface area contributed by atoms with E-state index in [-0.39, 0.29) is 11.7 Å². The lowest BCUT2D eigenvalue weighted by Crippen LogP contribution is -2.48. The Morgan fingerprint density at radius 1 is 1.11 bits per heavy atom. The summed E-state index contributed by atoms with van der Waals surface area (Å²) >= 11 is 1.37. The Balaban J connectivity index is 1.50. The van der Waals surface area contributed by atoms with Gasteiger partial charge in [-0.05, 0) is 42.3 Å². The number of hydrogen-bond donors (Lipinski definition) is 1. The van der Waals surface area contributed by atoms with Crippen molar-refractivity contribution in [3.63, 3.8) is 0 Å². The van der Waals surface area contributed by atoms with Crippen molar-refractivity contribution < 1.29 is 9.18 Å². The minimum atomic E-state index is -0.243. The van der Waals surface area contributed by atoms with Crippen LogP contribution in [0.25, 0.3) is 10.2 Å². The van der Waals surface area contributed by atoms with Crippen molar-refractivity contribution in [2.45, 2.75) is 19.8 Å². The fourth-order valence-corrected chi connectivity index (χ4v) is 4.52. The summed E-state index contributed by atoms with van der Waals surface area (Å²) in [5.41, 5.74) is 8.78. The molecule has 1 aromatic carbocycles. The number of pyridine rings is 1. The van der Waals surface area contributed by atoms with Gasteiger partial charge in [-0.2, -0.15) is 0 Å². The van der Waals surface area contributed by atoms with Crippen molar-refractivity contribution in [3.05, 3.63) is 52.8 Å². The first kappa shape index (κ1) is 18.7. The zero-order chi connectivity index (χ0) is 19.8. The van der Waals surface area contributed by atoms with Crippen molar-refractivity contribution in [3.8, 4) is 0 Å². The molecule has 7 heteroatoms. The third kappa shape index (κ3) is 3.42. The Labute approximate surface area is 167 Å². The van der Waals surface area contributed by atoms with Crippen LogP contribution in [0.5, 0.6) is 0 Å². The Kier molecular flexibility index (Phi) is 4.93. The quantitative estimate of drug-likeness (QED) is 0.721. The molecular weight excluding hydrogens is 375 g/mol. The van der Waals surface area contributed by atoms with Crippen LogP contribution >= 0.6 is 11.3 Å². The molecule has 28 heavy (non-hydrogen) atoms. The zero-order valence-corrected chi connectivity index (χ0v) is 16.8. The number of aromatic nitrogens is 1. The van der Waals surface area contributed by atoms with Crippen molar-refractivity contribution in [1.29, 1.82) is 0 Å². The van der Waals surface area contributed by atoms with Crippen LogP contribution in [0.2, 0.25) is 0 Å². The number of carbonyl (C=O) groups excluding carboxylic acids is 1. The molecule has 3 heterocycles. The first-order chi connectivity index (χ1) is 13.4. The molecule has 0 spiro atoms. The van der Waals surface area contributed by atoms with Gasteiger partial charge in [0.15, 0.2) is 0 Å². The van der Waals surface area contributed by atoms with Gasteiger partial charge in [0.2, 0.25) is 0 Å². The first-order valence-corrected chi connectivity index (χ1v) is 10.2. The van der Waals surface area contributed by atoms with E-state index in [1.165, 1.54) is 23.5 Å². The van der Waals surface area contributed by atoms with Gasteiger partial charge in [-0.1, -0.05) is 13.8 Å². The highest BCUT2D eigenvalue weighted by molar-refractivity contribution is 7.21. The minimum absolute atomic E-state index is 0.0367. The molecule has 1 aliphatic heterocycles. The van der Waals surface area contributed by atoms with E-state index in [0.717, 1.165) is 21.6 Å². The van der Waals surface area contributed by atoms with Gasteiger partial charge < -0.3 is 15.5 Å². The fourth-order valence-electron chi connectivity index (χ4n) is 3.46. The van der Waals surface area contributed by atoms with Crippen molar-refractivity contribution in [2.24, 2.45) is 0 Å². The predicted molar refractivity (Wildman–Crippen MR) is 113 cm³/mol. The van der Waals surface area contributed by atoms with Crippen LogP contribution in [0, 0.1) is 5.82 Å². The number of amides is 1. The monoisotopic (exact) mass is 398 g/mol. The summed E-state index contributed by atoms with van der Waals surface area (Å²) in [5, 5.41) is 0.850. The van der Waals surface area contributed by atoms with Crippen LogP contribution < -0.4 is 10.6 Å². The predicted octanol–water partition coefficient (Wildman–Crippen LogP) is 4.10. The number of rotatable bonds is 3. The Bertz CT molecular complexity index is 1010. The number of anilines is 2. The second kappa shape index (κ2) is 7.39. The summed E-state index contributed by atoms with van der Waals surface area (Å²) in [6.45, 7) is 6.81. The molecule has 1 aliphatic rings. The number of carbonyl (C=O) groups is 1. The highest BCUT2D eigenvalue weighted by Crippen LogP contribution is 2.34. The summed E-state index contributed by atoms with van der Waals surface area (Å²) in [7, 11) is 0. The van der Waals surface area contributed by atoms with E-state index < -0.39 is 0 Å². The number of benzene rings is 1. The van der Waals surface area contributed by atoms with E-state index in [2.05, 4.69) is 23.7 Å². The molecule has 4 rings (SSSR count). The summed E-state index contributed by atoms with van der Waals surface area (Å²) in [6, 6.07) is 10.4. The van der Waals surface area contributed by atoms with Gasteiger partial charge in [0.05, 0.1) is 5.69 Å². The molecule has 2 N–H and O–H groups in total. The lowest BCUT2D eigenvalue weighted by molar-refractivity contribution is 0.0752. The molecule has 1 fully saturated rings. The second-order valence-corrected chi connectivity index (χ2v) is 8.34. The van der Waals surface area contributed by atoms with E-state index in [1.54, 1.807) is 12.1 Å². The van der Waals surface area contributed by atoms with Crippen LogP contribution in [-0.4, -0.2) is 42.0 Å². The lowest BCUT2D eigenvalue weighted by Gasteiger charge is -2.36. The van der Waals surface area contributed by atoms with Gasteiger partial charge in [0.1, 0.15) is 15.5 Å². The summed E-state index contributed by atoms with van der Waals surface area (Å²) < 4.78 is 13.1. The smallest absolute Gasteiger partial charge is 0.266 e. The van der Waals surface area contributed by atoms with Crippen LogP contribution in [0.4, 0.5) is 15.8 Å². The van der Waals surface area contributed by atoms with Gasteiger partial charge in [0, 0.05) is 42.9 Å². The zero-order valence-electron chi connectivity index (χ0n) is 16.0. The van der Waals surface area contributed by atoms with E-state index in [9.17, 15) is 9.18 Å². The van der Waals surface area contributed by atoms with Crippen LogP contribution in [0.1, 0.15) is 35.1 Å². The van der Waals surface area contributed by atoms with E-state index in [0.29, 0.717) is 42.7 Å². The maximum absolute atomic E-state index is 13.1. The molecule has 0 radical (unpaired) electrons. The first-order valence-electron chi connectivity index (χ1n) is 9.42. The number of nitrogens with zero attached hydrogens (tertiary/aromatic N) is 3. The average molecular weight is 399 g/mol. The maximum Gasteiger partial charge on any atom is 0.266 e. The largest absolute Gasteiger partial charge is 0.397 e. The number of nitrogens with two attached hydrogens (primary N) is 1. The highest BCUT2D eigenvalue weighted by Gasteiger charge is 2.26. The normalized spacial score (nSPS) is 14.9. The molecule has 0 unspecified atom stereocenters. The van der Waals surface area contributed by atoms with Crippen LogP contribution in [-0.2, 0) is 0 Å². The van der Waals surface area contributed by atoms with Crippen LogP contribution in [0.15, 0.2) is 36.4 Å². The second-order valence-electron chi connectivity index (χ2n) is 7.34. The highest BCUT2D eigenvalue weighted by atomic mass is 32.1. The molecule has 0 atom stereocenters. The Morgan fingerprint density at radius 3 is 2.43 bits per heavy atom. The third-order valence-corrected chi connectivity index (χ3v) is 6.26. The van der Waals surface area contributed by atoms with Crippen LogP contribution in [0.3, 0.4) is 0 Å². The average Bonchev–Trinajstić information content (AvgIpc) is 3.04. The molecule has 2 aromatic heterocycles. The molecule has 1 saturated heterocycles.